The van der Waals surface area contributed by atoms with Gasteiger partial charge in [-0.2, -0.15) is 13.2 Å². The lowest BCUT2D eigenvalue weighted by Crippen LogP contribution is -2.48. The van der Waals surface area contributed by atoms with E-state index in [1.165, 1.54) is 12.1 Å². The molecule has 8 nitrogen and oxygen atoms in total. The highest BCUT2D eigenvalue weighted by atomic mass is 19.4. The minimum Gasteiger partial charge on any atom is -0.388 e. The van der Waals surface area contributed by atoms with E-state index in [2.05, 4.69) is 9.97 Å². The largest absolute Gasteiger partial charge is 0.408 e. The number of pyridine rings is 3. The molecule has 1 amide bonds. The minimum absolute atomic E-state index is 0.0857. The molecule has 3 atom stereocenters. The number of nitrogens with zero attached hydrogens (tertiary/aromatic N) is 4. The lowest BCUT2D eigenvalue weighted by Gasteiger charge is -2.22. The molecule has 2 N–H and O–H groups in total. The Hall–Kier alpha value is -3.61. The third-order valence-electron chi connectivity index (χ3n) is 7.26. The Balaban J connectivity index is 1.47. The Kier molecular flexibility index (Phi) is 5.10. The van der Waals surface area contributed by atoms with Crippen LogP contribution < -0.4 is 15.6 Å². The molecule has 1 aliphatic heterocycles. The molecule has 0 radical (unpaired) electrons. The highest BCUT2D eigenvalue weighted by Crippen LogP contribution is 2.50. The van der Waals surface area contributed by atoms with Crippen LogP contribution in [0.2, 0.25) is 0 Å². The van der Waals surface area contributed by atoms with E-state index in [0.717, 1.165) is 17.0 Å². The van der Waals surface area contributed by atoms with Gasteiger partial charge in [0.25, 0.3) is 5.91 Å². The monoisotopic (exact) mass is 521 g/mol. The van der Waals surface area contributed by atoms with Gasteiger partial charge in [0.2, 0.25) is 5.43 Å². The fourth-order valence-electron chi connectivity index (χ4n) is 5.02. The maximum atomic E-state index is 14.8. The first kappa shape index (κ1) is 23.8. The van der Waals surface area contributed by atoms with Crippen molar-refractivity contribution >= 4 is 22.8 Å². The smallest absolute Gasteiger partial charge is 0.388 e. The summed E-state index contributed by atoms with van der Waals surface area (Å²) < 4.78 is 69.8. The standard InChI is InChI=1S/C24H20F5N5O3/c25-13-5-16(26)21(30-7-13)34-9-15(22(36)32-19(11-1-2-11)24(27,28)29)18(35)14-3-4-17(31-20(14)34)33-8-12-6-23(12,37)10-33/h3-5,7,9,11-12,19,37H,1-2,6,8,10H2,(H,32,36). The molecular formula is C24H20F5N5O3. The summed E-state index contributed by atoms with van der Waals surface area (Å²) in [7, 11) is 0. The van der Waals surface area contributed by atoms with Gasteiger partial charge in [0.15, 0.2) is 17.3 Å². The molecule has 3 aromatic rings. The quantitative estimate of drug-likeness (QED) is 0.501. The van der Waals surface area contributed by atoms with Crippen LogP contribution in [0, 0.1) is 23.5 Å². The van der Waals surface area contributed by atoms with Gasteiger partial charge in [-0.05, 0) is 37.3 Å². The third kappa shape index (κ3) is 4.10. The summed E-state index contributed by atoms with van der Waals surface area (Å²) in [6.45, 7) is 0.826. The average molecular weight is 521 g/mol. The maximum Gasteiger partial charge on any atom is 0.408 e. The van der Waals surface area contributed by atoms with Crippen molar-refractivity contribution in [3.8, 4) is 5.82 Å². The van der Waals surface area contributed by atoms with Gasteiger partial charge in [0.05, 0.1) is 17.2 Å². The van der Waals surface area contributed by atoms with Gasteiger partial charge in [-0.3, -0.25) is 14.2 Å². The molecule has 194 valence electrons. The van der Waals surface area contributed by atoms with Crippen molar-refractivity contribution in [1.29, 1.82) is 0 Å². The number of hydrogen-bond acceptors (Lipinski definition) is 6. The normalized spacial score (nSPS) is 23.7. The van der Waals surface area contributed by atoms with E-state index in [-0.39, 0.29) is 29.8 Å². The molecular weight excluding hydrogens is 501 g/mol. The number of hydrogen-bond donors (Lipinski definition) is 2. The summed E-state index contributed by atoms with van der Waals surface area (Å²) in [6.07, 6.45) is -1.87. The Bertz CT molecular complexity index is 1500. The summed E-state index contributed by atoms with van der Waals surface area (Å²) in [5.41, 5.74) is -2.50. The number of alkyl halides is 3. The predicted octanol–water partition coefficient (Wildman–Crippen LogP) is 2.70. The Morgan fingerprint density at radius 1 is 1.24 bits per heavy atom. The minimum atomic E-state index is -4.71. The van der Waals surface area contributed by atoms with Crippen LogP contribution in [-0.2, 0) is 0 Å². The van der Waals surface area contributed by atoms with Crippen LogP contribution in [0.3, 0.4) is 0 Å². The summed E-state index contributed by atoms with van der Waals surface area (Å²) in [4.78, 5) is 36.1. The van der Waals surface area contributed by atoms with Crippen LogP contribution >= 0.6 is 0 Å². The SMILES string of the molecule is O=C(NC(C1CC1)C(F)(F)F)c1cn(-c2ncc(F)cc2F)c2nc(N3CC4CC4(O)C3)ccc2c1=O. The Labute approximate surface area is 205 Å². The zero-order chi connectivity index (χ0) is 26.3. The Morgan fingerprint density at radius 2 is 2.00 bits per heavy atom. The summed E-state index contributed by atoms with van der Waals surface area (Å²) in [5.74, 6) is -4.21. The lowest BCUT2D eigenvalue weighted by atomic mass is 10.1. The first-order valence-electron chi connectivity index (χ1n) is 11.7. The highest BCUT2D eigenvalue weighted by molar-refractivity contribution is 5.97. The molecule has 37 heavy (non-hydrogen) atoms. The zero-order valence-corrected chi connectivity index (χ0v) is 19.1. The van der Waals surface area contributed by atoms with Gasteiger partial charge in [0.1, 0.15) is 23.2 Å². The van der Waals surface area contributed by atoms with Crippen molar-refractivity contribution in [3.05, 3.63) is 58.0 Å². The van der Waals surface area contributed by atoms with Crippen LogP contribution in [0.25, 0.3) is 16.9 Å². The summed E-state index contributed by atoms with van der Waals surface area (Å²) >= 11 is 0. The van der Waals surface area contributed by atoms with Crippen molar-refractivity contribution in [2.75, 3.05) is 18.0 Å². The van der Waals surface area contributed by atoms with E-state index >= 15 is 0 Å². The number of piperidine rings is 1. The Morgan fingerprint density at radius 3 is 2.62 bits per heavy atom. The molecule has 0 spiro atoms. The maximum absolute atomic E-state index is 14.8. The van der Waals surface area contributed by atoms with Crippen LogP contribution in [0.15, 0.2) is 35.4 Å². The second-order valence-electron chi connectivity index (χ2n) is 9.96. The molecule has 2 aliphatic carbocycles. The number of carbonyl (C=O) groups is 1. The van der Waals surface area contributed by atoms with Crippen molar-refractivity contribution < 1.29 is 31.9 Å². The van der Waals surface area contributed by atoms with Crippen LogP contribution in [0.4, 0.5) is 27.8 Å². The van der Waals surface area contributed by atoms with E-state index in [9.17, 15) is 36.6 Å². The van der Waals surface area contributed by atoms with Gasteiger partial charge in [-0.25, -0.2) is 18.7 Å². The van der Waals surface area contributed by atoms with Crippen LogP contribution in [0.5, 0.6) is 0 Å². The number of fused-ring (bicyclic) bond motifs is 2. The molecule has 1 saturated heterocycles. The van der Waals surface area contributed by atoms with Crippen LogP contribution in [0.1, 0.15) is 29.6 Å². The van der Waals surface area contributed by atoms with Gasteiger partial charge < -0.3 is 15.3 Å². The van der Waals surface area contributed by atoms with Crippen molar-refractivity contribution in [2.24, 2.45) is 11.8 Å². The molecule has 3 unspecified atom stereocenters. The number of amides is 1. The molecule has 2 saturated carbocycles. The van der Waals surface area contributed by atoms with Crippen molar-refractivity contribution in [3.63, 3.8) is 0 Å². The molecule has 3 aliphatic rings. The highest BCUT2D eigenvalue weighted by Gasteiger charge is 2.59. The number of aliphatic hydroxyl groups is 1. The second kappa shape index (κ2) is 7.94. The number of nitrogens with one attached hydrogen (secondary N) is 1. The summed E-state index contributed by atoms with van der Waals surface area (Å²) in [5, 5.41) is 12.1. The van der Waals surface area contributed by atoms with Crippen molar-refractivity contribution in [1.82, 2.24) is 19.9 Å². The topological polar surface area (TPSA) is 100 Å². The molecule has 0 bridgehead atoms. The second-order valence-corrected chi connectivity index (χ2v) is 9.96. The van der Waals surface area contributed by atoms with Crippen molar-refractivity contribution in [2.45, 2.75) is 37.1 Å². The molecule has 0 aromatic carbocycles. The van der Waals surface area contributed by atoms with Gasteiger partial charge >= 0.3 is 6.18 Å². The van der Waals surface area contributed by atoms with E-state index < -0.39 is 58.1 Å². The molecule has 3 fully saturated rings. The van der Waals surface area contributed by atoms with E-state index in [0.29, 0.717) is 31.4 Å². The number of rotatable bonds is 5. The van der Waals surface area contributed by atoms with Gasteiger partial charge in [-0.1, -0.05) is 0 Å². The van der Waals surface area contributed by atoms with Gasteiger partial charge in [-0.15, -0.1) is 0 Å². The predicted molar refractivity (Wildman–Crippen MR) is 120 cm³/mol. The summed E-state index contributed by atoms with van der Waals surface area (Å²) in [6, 6.07) is 1.25. The van der Waals surface area contributed by atoms with E-state index in [1.54, 1.807) is 4.90 Å². The molecule has 13 heteroatoms. The average Bonchev–Trinajstić information content (AvgIpc) is 3.74. The first-order chi connectivity index (χ1) is 17.4. The third-order valence-corrected chi connectivity index (χ3v) is 7.26. The fraction of sp³-hybridized carbons (Fsp3) is 0.417. The molecule has 6 rings (SSSR count). The number of aromatic nitrogens is 3. The van der Waals surface area contributed by atoms with E-state index in [1.807, 2.05) is 5.32 Å². The van der Waals surface area contributed by atoms with Gasteiger partial charge in [0, 0.05) is 31.3 Å². The molecule has 3 aromatic heterocycles. The number of β-amino-alcohol motifs (C(OH)–C–C–N with tert-alkyl or cyclic N) is 1. The number of carbonyl (C=O) groups excluding carboxylic acids is 1. The zero-order valence-electron chi connectivity index (χ0n) is 19.1. The van der Waals surface area contributed by atoms with Crippen LogP contribution in [-0.4, -0.2) is 56.5 Å². The lowest BCUT2D eigenvalue weighted by molar-refractivity contribution is -0.158. The molecule has 4 heterocycles. The number of anilines is 1. The van der Waals surface area contributed by atoms with E-state index in [4.69, 9.17) is 0 Å². The fourth-order valence-corrected chi connectivity index (χ4v) is 5.02. The number of halogens is 5. The first-order valence-corrected chi connectivity index (χ1v) is 11.7.